The number of benzene rings is 2. The minimum atomic E-state index is -0.313. The predicted octanol–water partition coefficient (Wildman–Crippen LogP) is 4.54. The Morgan fingerprint density at radius 3 is 2.77 bits per heavy atom. The second-order valence-electron chi connectivity index (χ2n) is 8.29. The van der Waals surface area contributed by atoms with E-state index in [9.17, 15) is 9.18 Å². The molecule has 162 valence electrons. The van der Waals surface area contributed by atoms with Gasteiger partial charge in [-0.25, -0.2) is 9.18 Å². The molecule has 1 saturated heterocycles. The van der Waals surface area contributed by atoms with E-state index < -0.39 is 0 Å². The van der Waals surface area contributed by atoms with E-state index in [1.54, 1.807) is 17.7 Å². The van der Waals surface area contributed by atoms with Crippen LogP contribution in [0.4, 0.5) is 4.39 Å². The molecular formula is C23H24ClFN4O2. The number of nitrogens with zero attached hydrogens (tertiary/aromatic N) is 4. The molecule has 5 rings (SSSR count). The molecule has 3 heterocycles. The van der Waals surface area contributed by atoms with Gasteiger partial charge in [0.05, 0.1) is 16.7 Å². The minimum Gasteiger partial charge on any atom is -0.356 e. The van der Waals surface area contributed by atoms with Crippen LogP contribution in [0.3, 0.4) is 0 Å². The summed E-state index contributed by atoms with van der Waals surface area (Å²) in [5.74, 6) is -0.313. The van der Waals surface area contributed by atoms with E-state index in [0.29, 0.717) is 10.6 Å². The quantitative estimate of drug-likeness (QED) is 0.455. The van der Waals surface area contributed by atoms with Crippen LogP contribution in [0.2, 0.25) is 5.02 Å². The summed E-state index contributed by atoms with van der Waals surface area (Å²) in [4.78, 5) is 15.3. The summed E-state index contributed by atoms with van der Waals surface area (Å²) >= 11 is 6.12. The van der Waals surface area contributed by atoms with Crippen LogP contribution < -0.4 is 5.69 Å². The third kappa shape index (κ3) is 3.77. The molecule has 0 spiro atoms. The molecule has 4 aromatic rings. The summed E-state index contributed by atoms with van der Waals surface area (Å²) in [5.41, 5.74) is 3.22. The van der Waals surface area contributed by atoms with Crippen molar-refractivity contribution in [3.63, 3.8) is 0 Å². The van der Waals surface area contributed by atoms with Crippen molar-refractivity contribution in [1.82, 2.24) is 19.2 Å². The zero-order valence-corrected chi connectivity index (χ0v) is 18.1. The van der Waals surface area contributed by atoms with Crippen LogP contribution in [0.25, 0.3) is 22.0 Å². The molecule has 31 heavy (non-hydrogen) atoms. The Balaban J connectivity index is 1.21. The molecule has 0 aliphatic carbocycles. The van der Waals surface area contributed by atoms with Gasteiger partial charge in [-0.2, -0.15) is 0 Å². The van der Waals surface area contributed by atoms with Gasteiger partial charge in [0, 0.05) is 42.7 Å². The van der Waals surface area contributed by atoms with Crippen LogP contribution >= 0.6 is 11.6 Å². The third-order valence-corrected chi connectivity index (χ3v) is 6.61. The second kappa shape index (κ2) is 8.13. The summed E-state index contributed by atoms with van der Waals surface area (Å²) in [5, 5.41) is 5.63. The molecule has 6 nitrogen and oxygen atoms in total. The maximum absolute atomic E-state index is 13.3. The van der Waals surface area contributed by atoms with Gasteiger partial charge in [0.1, 0.15) is 5.82 Å². The van der Waals surface area contributed by atoms with Gasteiger partial charge < -0.3 is 9.42 Å². The summed E-state index contributed by atoms with van der Waals surface area (Å²) in [6.07, 6.45) is 3.63. The molecule has 2 aromatic heterocycles. The number of likely N-dealkylation sites (tertiary alicyclic amines) is 1. The fourth-order valence-corrected chi connectivity index (χ4v) is 4.87. The Hall–Kier alpha value is -2.64. The third-order valence-electron chi connectivity index (χ3n) is 6.37. The standard InChI is InChI=1S/C23H24ClFN4O2/c1-27-21-13-15(24)4-7-20(21)29(23(27)30)17-8-11-28(12-9-17)10-2-3-19-18-6-5-16(25)14-22(18)31-26-19/h4-7,13-14,17H,2-3,8-12H2,1H3. The average molecular weight is 443 g/mol. The van der Waals surface area contributed by atoms with Crippen LogP contribution in [0.5, 0.6) is 0 Å². The predicted molar refractivity (Wildman–Crippen MR) is 119 cm³/mol. The number of imidazole rings is 1. The van der Waals surface area contributed by atoms with E-state index in [2.05, 4.69) is 10.1 Å². The molecule has 0 N–H and O–H groups in total. The van der Waals surface area contributed by atoms with Crippen LogP contribution in [-0.2, 0) is 13.5 Å². The number of hydrogen-bond acceptors (Lipinski definition) is 4. The highest BCUT2D eigenvalue weighted by molar-refractivity contribution is 6.31. The number of hydrogen-bond donors (Lipinski definition) is 0. The molecule has 0 unspecified atom stereocenters. The van der Waals surface area contributed by atoms with E-state index in [1.165, 1.54) is 12.1 Å². The number of aryl methyl sites for hydroxylation is 2. The van der Waals surface area contributed by atoms with Crippen molar-refractivity contribution < 1.29 is 8.91 Å². The smallest absolute Gasteiger partial charge is 0.329 e. The Bertz CT molecular complexity index is 1300. The highest BCUT2D eigenvalue weighted by atomic mass is 35.5. The number of rotatable bonds is 5. The summed E-state index contributed by atoms with van der Waals surface area (Å²) in [7, 11) is 1.80. The molecule has 1 aliphatic rings. The zero-order chi connectivity index (χ0) is 21.5. The molecule has 0 atom stereocenters. The second-order valence-corrected chi connectivity index (χ2v) is 8.73. The first-order valence-corrected chi connectivity index (χ1v) is 11.0. The molecule has 8 heteroatoms. The fourth-order valence-electron chi connectivity index (χ4n) is 4.70. The van der Waals surface area contributed by atoms with Gasteiger partial charge in [-0.1, -0.05) is 16.8 Å². The molecule has 0 radical (unpaired) electrons. The van der Waals surface area contributed by atoms with Crippen LogP contribution in [-0.4, -0.2) is 38.8 Å². The highest BCUT2D eigenvalue weighted by Crippen LogP contribution is 2.27. The van der Waals surface area contributed by atoms with Gasteiger partial charge in [-0.15, -0.1) is 0 Å². The Labute approximate surface area is 183 Å². The van der Waals surface area contributed by atoms with Crippen molar-refractivity contribution in [3.05, 3.63) is 63.4 Å². The molecular weight excluding hydrogens is 419 g/mol. The maximum Gasteiger partial charge on any atom is 0.329 e. The average Bonchev–Trinajstić information content (AvgIpc) is 3.27. The Morgan fingerprint density at radius 2 is 1.97 bits per heavy atom. The maximum atomic E-state index is 13.3. The summed E-state index contributed by atoms with van der Waals surface area (Å²) in [6, 6.07) is 10.4. The minimum absolute atomic E-state index is 0.0186. The van der Waals surface area contributed by atoms with Crippen molar-refractivity contribution in [2.45, 2.75) is 31.7 Å². The van der Waals surface area contributed by atoms with Crippen molar-refractivity contribution in [1.29, 1.82) is 0 Å². The SMILES string of the molecule is Cn1c(=O)n(C2CCN(CCCc3noc4cc(F)ccc34)CC2)c2ccc(Cl)cc21. The number of fused-ring (bicyclic) bond motifs is 2. The molecule has 1 aliphatic heterocycles. The van der Waals surface area contributed by atoms with Crippen molar-refractivity contribution in [2.75, 3.05) is 19.6 Å². The molecule has 2 aromatic carbocycles. The van der Waals surface area contributed by atoms with Gasteiger partial charge >= 0.3 is 5.69 Å². The lowest BCUT2D eigenvalue weighted by molar-refractivity contribution is 0.184. The van der Waals surface area contributed by atoms with E-state index >= 15 is 0 Å². The molecule has 0 amide bonds. The van der Waals surface area contributed by atoms with Crippen LogP contribution in [0.1, 0.15) is 31.0 Å². The van der Waals surface area contributed by atoms with E-state index in [1.807, 2.05) is 22.8 Å². The van der Waals surface area contributed by atoms with Crippen LogP contribution in [0, 0.1) is 5.82 Å². The Kier molecular flexibility index (Phi) is 5.32. The molecule has 0 saturated carbocycles. The fraction of sp³-hybridized carbons (Fsp3) is 0.391. The lowest BCUT2D eigenvalue weighted by Gasteiger charge is -2.32. The molecule has 1 fully saturated rings. The van der Waals surface area contributed by atoms with Gasteiger partial charge in [0.15, 0.2) is 5.58 Å². The number of aromatic nitrogens is 3. The van der Waals surface area contributed by atoms with E-state index in [-0.39, 0.29) is 17.5 Å². The summed E-state index contributed by atoms with van der Waals surface area (Å²) < 4.78 is 22.2. The van der Waals surface area contributed by atoms with Gasteiger partial charge in [-0.3, -0.25) is 9.13 Å². The first-order valence-electron chi connectivity index (χ1n) is 10.6. The van der Waals surface area contributed by atoms with E-state index in [4.69, 9.17) is 16.1 Å². The van der Waals surface area contributed by atoms with Crippen molar-refractivity contribution in [3.8, 4) is 0 Å². The number of halogens is 2. The van der Waals surface area contributed by atoms with Crippen molar-refractivity contribution in [2.24, 2.45) is 7.05 Å². The normalized spacial score (nSPS) is 16.0. The lowest BCUT2D eigenvalue weighted by Crippen LogP contribution is -2.38. The molecule has 0 bridgehead atoms. The van der Waals surface area contributed by atoms with Crippen LogP contribution in [0.15, 0.2) is 45.7 Å². The number of piperidine rings is 1. The van der Waals surface area contributed by atoms with E-state index in [0.717, 1.165) is 67.4 Å². The topological polar surface area (TPSA) is 56.2 Å². The van der Waals surface area contributed by atoms with Gasteiger partial charge in [-0.05, 0) is 62.6 Å². The first kappa shape index (κ1) is 20.3. The van der Waals surface area contributed by atoms with Crippen molar-refractivity contribution >= 4 is 33.6 Å². The van der Waals surface area contributed by atoms with Gasteiger partial charge in [0.25, 0.3) is 0 Å². The lowest BCUT2D eigenvalue weighted by atomic mass is 10.0. The Morgan fingerprint density at radius 1 is 1.16 bits per heavy atom. The van der Waals surface area contributed by atoms with Gasteiger partial charge in [0.2, 0.25) is 0 Å². The zero-order valence-electron chi connectivity index (χ0n) is 17.4. The first-order chi connectivity index (χ1) is 15.0. The monoisotopic (exact) mass is 442 g/mol. The highest BCUT2D eigenvalue weighted by Gasteiger charge is 2.24. The largest absolute Gasteiger partial charge is 0.356 e. The summed E-state index contributed by atoms with van der Waals surface area (Å²) in [6.45, 7) is 2.86.